The van der Waals surface area contributed by atoms with Gasteiger partial charge in [-0.05, 0) is 17.5 Å². The largest absolute Gasteiger partial charge is 0.366 e. The van der Waals surface area contributed by atoms with Crippen LogP contribution in [-0.4, -0.2) is 12.3 Å². The molecule has 3 N–H and O–H groups in total. The summed E-state index contributed by atoms with van der Waals surface area (Å²) in [7, 11) is 0. The van der Waals surface area contributed by atoms with Crippen molar-refractivity contribution >= 4 is 28.8 Å². The summed E-state index contributed by atoms with van der Waals surface area (Å²) in [5.41, 5.74) is 6.39. The van der Waals surface area contributed by atoms with Crippen LogP contribution in [0.4, 0.5) is 5.69 Å². The summed E-state index contributed by atoms with van der Waals surface area (Å²) >= 11 is 0. The third-order valence-corrected chi connectivity index (χ3v) is 2.40. The molecular formula is C12H10N2O2. The second kappa shape index (κ2) is 4.02. The summed E-state index contributed by atoms with van der Waals surface area (Å²) in [5.74, 6) is -0.478. The zero-order chi connectivity index (χ0) is 11.5. The second-order valence-electron chi connectivity index (χ2n) is 3.33. The molecule has 0 fully saturated rings. The topological polar surface area (TPSA) is 72.2 Å². The number of anilines is 1. The van der Waals surface area contributed by atoms with Crippen LogP contribution in [0.15, 0.2) is 36.4 Å². The first-order chi connectivity index (χ1) is 7.74. The molecule has 0 atom stereocenters. The normalized spacial score (nSPS) is 10.0. The molecule has 16 heavy (non-hydrogen) atoms. The Hall–Kier alpha value is -2.36. The predicted octanol–water partition coefficient (Wildman–Crippen LogP) is 1.51. The Morgan fingerprint density at radius 2 is 1.81 bits per heavy atom. The summed E-state index contributed by atoms with van der Waals surface area (Å²) in [6.07, 6.45) is 0.603. The number of carbonyl (C=O) groups is 2. The number of fused-ring (bicyclic) bond motifs is 1. The number of benzene rings is 2. The van der Waals surface area contributed by atoms with E-state index in [0.717, 1.165) is 10.8 Å². The van der Waals surface area contributed by atoms with Crippen LogP contribution in [-0.2, 0) is 4.79 Å². The van der Waals surface area contributed by atoms with Gasteiger partial charge in [-0.3, -0.25) is 9.59 Å². The molecule has 0 radical (unpaired) electrons. The molecule has 4 heteroatoms. The highest BCUT2D eigenvalue weighted by atomic mass is 16.1. The highest BCUT2D eigenvalue weighted by Crippen LogP contribution is 2.25. The fourth-order valence-corrected chi connectivity index (χ4v) is 1.70. The van der Waals surface area contributed by atoms with Crippen molar-refractivity contribution in [1.82, 2.24) is 0 Å². The molecular weight excluding hydrogens is 204 g/mol. The number of primary amides is 1. The van der Waals surface area contributed by atoms with Gasteiger partial charge in [-0.1, -0.05) is 24.3 Å². The third-order valence-electron chi connectivity index (χ3n) is 2.40. The summed E-state index contributed by atoms with van der Waals surface area (Å²) in [6.45, 7) is 0. The van der Waals surface area contributed by atoms with Gasteiger partial charge in [0.15, 0.2) is 0 Å². The van der Waals surface area contributed by atoms with Gasteiger partial charge < -0.3 is 11.1 Å². The van der Waals surface area contributed by atoms with Crippen LogP contribution < -0.4 is 11.1 Å². The monoisotopic (exact) mass is 214 g/mol. The van der Waals surface area contributed by atoms with Crippen molar-refractivity contribution in [2.75, 3.05) is 5.32 Å². The van der Waals surface area contributed by atoms with E-state index in [0.29, 0.717) is 17.7 Å². The molecule has 0 aliphatic heterocycles. The van der Waals surface area contributed by atoms with Gasteiger partial charge in [0.05, 0.1) is 0 Å². The molecule has 0 spiro atoms. The standard InChI is InChI=1S/C12H10N2O2/c13-12(16)10-5-6-11(14-7-15)9-4-2-1-3-8(9)10/h1-7H,(H2,13,16)(H,14,15). The SMILES string of the molecule is NC(=O)c1ccc(NC=O)c2ccccc12. The van der Waals surface area contributed by atoms with Gasteiger partial charge in [0.25, 0.3) is 0 Å². The van der Waals surface area contributed by atoms with Crippen LogP contribution in [0.1, 0.15) is 10.4 Å². The summed E-state index contributed by atoms with van der Waals surface area (Å²) in [6, 6.07) is 10.6. The van der Waals surface area contributed by atoms with Crippen LogP contribution in [0.5, 0.6) is 0 Å². The summed E-state index contributed by atoms with van der Waals surface area (Å²) in [5, 5.41) is 4.12. The lowest BCUT2D eigenvalue weighted by Gasteiger charge is -2.07. The van der Waals surface area contributed by atoms with E-state index < -0.39 is 5.91 Å². The molecule has 2 rings (SSSR count). The van der Waals surface area contributed by atoms with Crippen molar-refractivity contribution in [2.24, 2.45) is 5.73 Å². The van der Waals surface area contributed by atoms with Crippen LogP contribution >= 0.6 is 0 Å². The minimum Gasteiger partial charge on any atom is -0.366 e. The minimum absolute atomic E-state index is 0.451. The Balaban J connectivity index is 2.76. The van der Waals surface area contributed by atoms with Gasteiger partial charge in [-0.25, -0.2) is 0 Å². The molecule has 0 bridgehead atoms. The average molecular weight is 214 g/mol. The zero-order valence-corrected chi connectivity index (χ0v) is 8.44. The molecule has 2 aromatic carbocycles. The molecule has 0 unspecified atom stereocenters. The van der Waals surface area contributed by atoms with E-state index >= 15 is 0 Å². The van der Waals surface area contributed by atoms with Crippen molar-refractivity contribution < 1.29 is 9.59 Å². The highest BCUT2D eigenvalue weighted by Gasteiger charge is 2.08. The van der Waals surface area contributed by atoms with Gasteiger partial charge in [0.2, 0.25) is 12.3 Å². The van der Waals surface area contributed by atoms with Gasteiger partial charge in [0.1, 0.15) is 0 Å². The van der Waals surface area contributed by atoms with Gasteiger partial charge in [-0.15, -0.1) is 0 Å². The first kappa shape index (κ1) is 10.2. The van der Waals surface area contributed by atoms with Crippen LogP contribution in [0, 0.1) is 0 Å². The van der Waals surface area contributed by atoms with Crippen LogP contribution in [0.2, 0.25) is 0 Å². The van der Waals surface area contributed by atoms with Crippen molar-refractivity contribution in [3.8, 4) is 0 Å². The molecule has 80 valence electrons. The number of hydrogen-bond donors (Lipinski definition) is 2. The Kier molecular flexibility index (Phi) is 2.55. The fourth-order valence-electron chi connectivity index (χ4n) is 1.70. The molecule has 0 aromatic heterocycles. The molecule has 2 amide bonds. The molecule has 0 aliphatic carbocycles. The summed E-state index contributed by atoms with van der Waals surface area (Å²) in [4.78, 5) is 21.7. The van der Waals surface area contributed by atoms with Crippen molar-refractivity contribution in [3.05, 3.63) is 42.0 Å². The molecule has 2 aromatic rings. The molecule has 4 nitrogen and oxygen atoms in total. The van der Waals surface area contributed by atoms with E-state index in [1.165, 1.54) is 0 Å². The van der Waals surface area contributed by atoms with Crippen LogP contribution in [0.25, 0.3) is 10.8 Å². The summed E-state index contributed by atoms with van der Waals surface area (Å²) < 4.78 is 0. The van der Waals surface area contributed by atoms with E-state index in [9.17, 15) is 9.59 Å². The average Bonchev–Trinajstić information content (AvgIpc) is 2.29. The Bertz CT molecular complexity index is 564. The van der Waals surface area contributed by atoms with Gasteiger partial charge in [0, 0.05) is 16.6 Å². The number of rotatable bonds is 3. The lowest BCUT2D eigenvalue weighted by Crippen LogP contribution is -2.11. The fraction of sp³-hybridized carbons (Fsp3) is 0. The van der Waals surface area contributed by atoms with Crippen molar-refractivity contribution in [3.63, 3.8) is 0 Å². The van der Waals surface area contributed by atoms with E-state index in [1.807, 2.05) is 18.2 Å². The number of amides is 2. The Labute approximate surface area is 92.1 Å². The van der Waals surface area contributed by atoms with Crippen molar-refractivity contribution in [1.29, 1.82) is 0 Å². The maximum atomic E-state index is 11.2. The molecule has 0 aliphatic rings. The maximum absolute atomic E-state index is 11.2. The number of nitrogens with two attached hydrogens (primary N) is 1. The van der Waals surface area contributed by atoms with E-state index in [-0.39, 0.29) is 0 Å². The zero-order valence-electron chi connectivity index (χ0n) is 8.44. The van der Waals surface area contributed by atoms with Crippen molar-refractivity contribution in [2.45, 2.75) is 0 Å². The third kappa shape index (κ3) is 1.61. The second-order valence-corrected chi connectivity index (χ2v) is 3.33. The first-order valence-electron chi connectivity index (χ1n) is 4.76. The highest BCUT2D eigenvalue weighted by molar-refractivity contribution is 6.10. The molecule has 0 saturated heterocycles. The first-order valence-corrected chi connectivity index (χ1v) is 4.76. The Morgan fingerprint density at radius 3 is 2.44 bits per heavy atom. The van der Waals surface area contributed by atoms with Gasteiger partial charge >= 0.3 is 0 Å². The lowest BCUT2D eigenvalue weighted by atomic mass is 10.0. The predicted molar refractivity (Wildman–Crippen MR) is 62.2 cm³/mol. The number of nitrogens with one attached hydrogen (secondary N) is 1. The Morgan fingerprint density at radius 1 is 1.12 bits per heavy atom. The maximum Gasteiger partial charge on any atom is 0.249 e. The van der Waals surface area contributed by atoms with Crippen LogP contribution in [0.3, 0.4) is 0 Å². The number of carbonyl (C=O) groups excluding carboxylic acids is 2. The van der Waals surface area contributed by atoms with Gasteiger partial charge in [-0.2, -0.15) is 0 Å². The lowest BCUT2D eigenvalue weighted by molar-refractivity contribution is -0.105. The number of hydrogen-bond acceptors (Lipinski definition) is 2. The van der Waals surface area contributed by atoms with E-state index in [2.05, 4.69) is 5.32 Å². The van der Waals surface area contributed by atoms with E-state index in [1.54, 1.807) is 18.2 Å². The smallest absolute Gasteiger partial charge is 0.249 e. The molecule has 0 saturated carbocycles. The van der Waals surface area contributed by atoms with E-state index in [4.69, 9.17) is 5.73 Å². The molecule has 0 heterocycles. The minimum atomic E-state index is -0.478. The quantitative estimate of drug-likeness (QED) is 0.760.